The van der Waals surface area contributed by atoms with Gasteiger partial charge in [0.2, 0.25) is 5.91 Å². The van der Waals surface area contributed by atoms with Gasteiger partial charge in [-0.15, -0.1) is 0 Å². The third-order valence-corrected chi connectivity index (χ3v) is 1.58. The van der Waals surface area contributed by atoms with Crippen LogP contribution in [0, 0.1) is 0 Å². The first-order chi connectivity index (χ1) is 5.24. The Morgan fingerprint density at radius 2 is 2.27 bits per heavy atom. The van der Waals surface area contributed by atoms with E-state index in [9.17, 15) is 9.59 Å². The van der Waals surface area contributed by atoms with E-state index in [-0.39, 0.29) is 18.2 Å². The van der Waals surface area contributed by atoms with Gasteiger partial charge in [0.05, 0.1) is 6.42 Å². The van der Waals surface area contributed by atoms with Crippen molar-refractivity contribution in [1.82, 2.24) is 5.32 Å². The van der Waals surface area contributed by atoms with Gasteiger partial charge in [0.15, 0.2) is 0 Å². The van der Waals surface area contributed by atoms with Crippen molar-refractivity contribution < 1.29 is 9.59 Å². The van der Waals surface area contributed by atoms with E-state index in [4.69, 9.17) is 0 Å². The minimum Gasteiger partial charge on any atom is -0.292 e. The Balaban J connectivity index is 2.59. The smallest absolute Gasteiger partial charge is 0.253 e. The molecule has 11 heavy (non-hydrogen) atoms. The number of unbranched alkanes of at least 4 members (excludes halogenated alkanes) is 1. The summed E-state index contributed by atoms with van der Waals surface area (Å²) in [6.07, 6.45) is 3.97. The van der Waals surface area contributed by atoms with E-state index in [0.29, 0.717) is 5.57 Å². The summed E-state index contributed by atoms with van der Waals surface area (Å²) >= 11 is 0. The van der Waals surface area contributed by atoms with Crippen LogP contribution in [-0.4, -0.2) is 11.8 Å². The van der Waals surface area contributed by atoms with Crippen molar-refractivity contribution in [1.29, 1.82) is 0 Å². The normalized spacial score (nSPS) is 21.0. The Hall–Kier alpha value is -1.12. The summed E-state index contributed by atoms with van der Waals surface area (Å²) in [5.74, 6) is -0.402. The van der Waals surface area contributed by atoms with E-state index in [2.05, 4.69) is 5.32 Å². The molecular weight excluding hydrogens is 142 g/mol. The molecule has 1 rings (SSSR count). The SMILES string of the molecule is CCCC=C1CC(=O)NC1=O. The molecule has 2 amide bonds. The molecule has 0 aromatic rings. The molecule has 1 fully saturated rings. The van der Waals surface area contributed by atoms with Gasteiger partial charge in [-0.2, -0.15) is 0 Å². The number of nitrogens with one attached hydrogen (secondary N) is 1. The second-order valence-electron chi connectivity index (χ2n) is 2.57. The van der Waals surface area contributed by atoms with Crippen LogP contribution in [0.2, 0.25) is 0 Å². The zero-order valence-electron chi connectivity index (χ0n) is 6.52. The average Bonchev–Trinajstić information content (AvgIpc) is 2.26. The lowest BCUT2D eigenvalue weighted by atomic mass is 10.2. The van der Waals surface area contributed by atoms with Crippen LogP contribution in [-0.2, 0) is 9.59 Å². The summed E-state index contributed by atoms with van der Waals surface area (Å²) in [7, 11) is 0. The molecule has 1 heterocycles. The Labute approximate surface area is 65.5 Å². The summed E-state index contributed by atoms with van der Waals surface area (Å²) in [5.41, 5.74) is 0.622. The second kappa shape index (κ2) is 3.32. The number of rotatable bonds is 2. The number of carbonyl (C=O) groups is 2. The molecule has 60 valence electrons. The first kappa shape index (κ1) is 7.98. The molecule has 0 aliphatic carbocycles. The Morgan fingerprint density at radius 3 is 2.73 bits per heavy atom. The lowest BCUT2D eigenvalue weighted by Gasteiger charge is -1.89. The maximum atomic E-state index is 10.9. The van der Waals surface area contributed by atoms with E-state index in [1.807, 2.05) is 13.0 Å². The fraction of sp³-hybridized carbons (Fsp3) is 0.500. The molecule has 1 saturated heterocycles. The third-order valence-electron chi connectivity index (χ3n) is 1.58. The van der Waals surface area contributed by atoms with Gasteiger partial charge in [-0.1, -0.05) is 19.4 Å². The molecule has 0 saturated carbocycles. The number of allylic oxidation sites excluding steroid dienone is 1. The van der Waals surface area contributed by atoms with Crippen LogP contribution in [0.4, 0.5) is 0 Å². The number of hydrogen-bond donors (Lipinski definition) is 1. The van der Waals surface area contributed by atoms with Crippen LogP contribution in [0.1, 0.15) is 26.2 Å². The third kappa shape index (κ3) is 1.90. The zero-order valence-corrected chi connectivity index (χ0v) is 6.52. The van der Waals surface area contributed by atoms with Crippen LogP contribution in [0.5, 0.6) is 0 Å². The molecule has 0 aromatic heterocycles. The fourth-order valence-electron chi connectivity index (χ4n) is 0.988. The van der Waals surface area contributed by atoms with Gasteiger partial charge in [-0.05, 0) is 6.42 Å². The highest BCUT2D eigenvalue weighted by molar-refractivity contribution is 6.13. The van der Waals surface area contributed by atoms with Gasteiger partial charge < -0.3 is 0 Å². The first-order valence-electron chi connectivity index (χ1n) is 3.77. The van der Waals surface area contributed by atoms with Gasteiger partial charge in [0.1, 0.15) is 0 Å². The molecule has 0 atom stereocenters. The Bertz CT molecular complexity index is 218. The van der Waals surface area contributed by atoms with E-state index >= 15 is 0 Å². The maximum absolute atomic E-state index is 10.9. The van der Waals surface area contributed by atoms with E-state index in [1.165, 1.54) is 0 Å². The van der Waals surface area contributed by atoms with Crippen molar-refractivity contribution >= 4 is 11.8 Å². The van der Waals surface area contributed by atoms with Crippen LogP contribution in [0.25, 0.3) is 0 Å². The molecular formula is C8H11NO2. The summed E-state index contributed by atoms with van der Waals surface area (Å²) in [6.45, 7) is 2.03. The lowest BCUT2D eigenvalue weighted by Crippen LogP contribution is -2.19. The standard InChI is InChI=1S/C8H11NO2/c1-2-3-4-6-5-7(10)9-8(6)11/h4H,2-3,5H2,1H3,(H,9,10,11). The van der Waals surface area contributed by atoms with Crippen LogP contribution >= 0.6 is 0 Å². The van der Waals surface area contributed by atoms with Gasteiger partial charge >= 0.3 is 0 Å². The van der Waals surface area contributed by atoms with Crippen LogP contribution in [0.15, 0.2) is 11.6 Å². The molecule has 1 aliphatic heterocycles. The molecule has 1 aliphatic rings. The summed E-state index contributed by atoms with van der Waals surface area (Å²) in [4.78, 5) is 21.5. The summed E-state index contributed by atoms with van der Waals surface area (Å²) in [5, 5.41) is 2.23. The number of carbonyl (C=O) groups excluding carboxylic acids is 2. The highest BCUT2D eigenvalue weighted by atomic mass is 16.2. The molecule has 0 unspecified atom stereocenters. The molecule has 0 aromatic carbocycles. The van der Waals surface area contributed by atoms with E-state index < -0.39 is 0 Å². The predicted octanol–water partition coefficient (Wildman–Crippen LogP) is 0.759. The summed E-state index contributed by atoms with van der Waals surface area (Å²) < 4.78 is 0. The van der Waals surface area contributed by atoms with Crippen LogP contribution in [0.3, 0.4) is 0 Å². The molecule has 0 radical (unpaired) electrons. The highest BCUT2D eigenvalue weighted by Crippen LogP contribution is 2.10. The minimum atomic E-state index is -0.219. The lowest BCUT2D eigenvalue weighted by molar-refractivity contribution is -0.124. The highest BCUT2D eigenvalue weighted by Gasteiger charge is 2.22. The summed E-state index contributed by atoms with van der Waals surface area (Å²) in [6, 6.07) is 0. The van der Waals surface area contributed by atoms with E-state index in [1.54, 1.807) is 0 Å². The number of imide groups is 1. The Kier molecular flexibility index (Phi) is 2.41. The van der Waals surface area contributed by atoms with Crippen molar-refractivity contribution in [2.45, 2.75) is 26.2 Å². The minimum absolute atomic E-state index is 0.183. The van der Waals surface area contributed by atoms with Crippen molar-refractivity contribution in [3.63, 3.8) is 0 Å². The molecule has 3 nitrogen and oxygen atoms in total. The van der Waals surface area contributed by atoms with Crippen molar-refractivity contribution in [2.24, 2.45) is 0 Å². The largest absolute Gasteiger partial charge is 0.292 e. The van der Waals surface area contributed by atoms with Gasteiger partial charge in [0, 0.05) is 5.57 Å². The fourth-order valence-corrected chi connectivity index (χ4v) is 0.988. The monoisotopic (exact) mass is 153 g/mol. The molecule has 0 spiro atoms. The zero-order chi connectivity index (χ0) is 8.27. The molecule has 0 bridgehead atoms. The molecule has 3 heteroatoms. The number of hydrogen-bond acceptors (Lipinski definition) is 2. The van der Waals surface area contributed by atoms with E-state index in [0.717, 1.165) is 12.8 Å². The average molecular weight is 153 g/mol. The maximum Gasteiger partial charge on any atom is 0.253 e. The van der Waals surface area contributed by atoms with Crippen molar-refractivity contribution in [3.05, 3.63) is 11.6 Å². The van der Waals surface area contributed by atoms with Crippen molar-refractivity contribution in [2.75, 3.05) is 0 Å². The second-order valence-corrected chi connectivity index (χ2v) is 2.57. The topological polar surface area (TPSA) is 46.2 Å². The first-order valence-corrected chi connectivity index (χ1v) is 3.77. The number of amides is 2. The van der Waals surface area contributed by atoms with Crippen LogP contribution < -0.4 is 5.32 Å². The predicted molar refractivity (Wildman–Crippen MR) is 40.8 cm³/mol. The van der Waals surface area contributed by atoms with Crippen molar-refractivity contribution in [3.8, 4) is 0 Å². The van der Waals surface area contributed by atoms with Gasteiger partial charge in [0.25, 0.3) is 5.91 Å². The van der Waals surface area contributed by atoms with Gasteiger partial charge in [-0.25, -0.2) is 0 Å². The quantitative estimate of drug-likeness (QED) is 0.470. The van der Waals surface area contributed by atoms with Gasteiger partial charge in [-0.3, -0.25) is 14.9 Å². The molecule has 1 N–H and O–H groups in total. The Morgan fingerprint density at radius 1 is 1.55 bits per heavy atom.